The van der Waals surface area contributed by atoms with Crippen LogP contribution < -0.4 is 0 Å². The number of likely N-dealkylation sites (tertiary alicyclic amines) is 1. The number of hydrogen-bond donors (Lipinski definition) is 3. The quantitative estimate of drug-likeness (QED) is 0.292. The van der Waals surface area contributed by atoms with E-state index in [-0.39, 0.29) is 5.04 Å². The normalized spacial score (nSPS) is 14.8. The molecule has 0 atom stereocenters. The van der Waals surface area contributed by atoms with Gasteiger partial charge in [-0.25, -0.2) is 4.98 Å². The minimum absolute atomic E-state index is 0.264. The maximum absolute atomic E-state index is 8.08. The molecule has 1 aliphatic heterocycles. The zero-order chi connectivity index (χ0) is 21.2. The Kier molecular flexibility index (Phi) is 5.53. The molecule has 0 unspecified atom stereocenters. The van der Waals surface area contributed by atoms with E-state index in [9.17, 15) is 0 Å². The van der Waals surface area contributed by atoms with Crippen LogP contribution in [0.15, 0.2) is 48.8 Å². The highest BCUT2D eigenvalue weighted by molar-refractivity contribution is 8.25. The van der Waals surface area contributed by atoms with Crippen molar-refractivity contribution in [3.8, 4) is 11.1 Å². The van der Waals surface area contributed by atoms with Gasteiger partial charge in [-0.3, -0.25) is 15.3 Å². The molecular formula is C24H24N6S. The molecular weight excluding hydrogens is 404 g/mol. The molecule has 6 nitrogen and oxygen atoms in total. The van der Waals surface area contributed by atoms with Crippen LogP contribution in [-0.4, -0.2) is 43.5 Å². The first kappa shape index (κ1) is 19.9. The molecule has 1 aromatic carbocycles. The fourth-order valence-corrected chi connectivity index (χ4v) is 4.60. The Morgan fingerprint density at radius 3 is 2.58 bits per heavy atom. The molecule has 0 saturated carbocycles. The molecule has 1 aliphatic rings. The number of benzene rings is 1. The standard InChI is InChI=1S/C24H24N6S/c25-15-31-23(26)21-11-19-20-10-18(12-28-24(20)29-22(19)13-27-21)17-6-4-16(5-7-17)14-30-8-2-1-3-9-30/h4-7,10-13,15,25-26H,1-3,8-9,14H2,(H,28,29). The van der Waals surface area contributed by atoms with Crippen LogP contribution in [0.2, 0.25) is 0 Å². The van der Waals surface area contributed by atoms with Crippen LogP contribution in [0.25, 0.3) is 33.1 Å². The van der Waals surface area contributed by atoms with Crippen LogP contribution in [0, 0.1) is 10.8 Å². The van der Waals surface area contributed by atoms with Gasteiger partial charge in [0, 0.05) is 29.1 Å². The van der Waals surface area contributed by atoms with E-state index in [1.165, 1.54) is 37.9 Å². The highest BCUT2D eigenvalue weighted by Crippen LogP contribution is 2.29. The summed E-state index contributed by atoms with van der Waals surface area (Å²) in [7, 11) is 0. The van der Waals surface area contributed by atoms with Crippen LogP contribution in [0.3, 0.4) is 0 Å². The van der Waals surface area contributed by atoms with Gasteiger partial charge in [-0.05, 0) is 49.2 Å². The predicted molar refractivity (Wildman–Crippen MR) is 129 cm³/mol. The molecule has 31 heavy (non-hydrogen) atoms. The second kappa shape index (κ2) is 8.61. The Balaban J connectivity index is 1.45. The number of pyridine rings is 2. The first-order valence-corrected chi connectivity index (χ1v) is 11.4. The first-order valence-electron chi connectivity index (χ1n) is 10.5. The fourth-order valence-electron chi connectivity index (χ4n) is 4.25. The number of thioether (sulfide) groups is 1. The first-order chi connectivity index (χ1) is 15.2. The van der Waals surface area contributed by atoms with Gasteiger partial charge in [0.05, 0.1) is 23.0 Å². The summed E-state index contributed by atoms with van der Waals surface area (Å²) in [6.07, 6.45) is 7.62. The summed E-state index contributed by atoms with van der Waals surface area (Å²) in [6, 6.07) is 12.9. The molecule has 7 heteroatoms. The minimum atomic E-state index is 0.264. The monoisotopic (exact) mass is 428 g/mol. The van der Waals surface area contributed by atoms with E-state index in [1.54, 1.807) is 6.20 Å². The molecule has 4 aromatic rings. The van der Waals surface area contributed by atoms with Gasteiger partial charge in [0.25, 0.3) is 0 Å². The zero-order valence-electron chi connectivity index (χ0n) is 17.2. The van der Waals surface area contributed by atoms with Gasteiger partial charge in [-0.15, -0.1) is 0 Å². The lowest BCUT2D eigenvalue weighted by Gasteiger charge is -2.26. The van der Waals surface area contributed by atoms with Crippen molar-refractivity contribution < 1.29 is 0 Å². The van der Waals surface area contributed by atoms with Gasteiger partial charge < -0.3 is 10.4 Å². The molecule has 156 valence electrons. The summed E-state index contributed by atoms with van der Waals surface area (Å²) in [5.74, 6) is 0. The van der Waals surface area contributed by atoms with E-state index < -0.39 is 0 Å². The molecule has 0 spiro atoms. The summed E-state index contributed by atoms with van der Waals surface area (Å²) in [5, 5.41) is 17.6. The predicted octanol–water partition coefficient (Wildman–Crippen LogP) is 5.43. The minimum Gasteiger partial charge on any atom is -0.338 e. The maximum Gasteiger partial charge on any atom is 0.138 e. The summed E-state index contributed by atoms with van der Waals surface area (Å²) in [4.78, 5) is 14.8. The highest BCUT2D eigenvalue weighted by atomic mass is 32.2. The van der Waals surface area contributed by atoms with Crippen molar-refractivity contribution in [1.29, 1.82) is 10.8 Å². The lowest BCUT2D eigenvalue weighted by Crippen LogP contribution is -2.28. The van der Waals surface area contributed by atoms with E-state index in [0.29, 0.717) is 5.69 Å². The summed E-state index contributed by atoms with van der Waals surface area (Å²) >= 11 is 1.05. The van der Waals surface area contributed by atoms with E-state index in [2.05, 4.69) is 50.2 Å². The van der Waals surface area contributed by atoms with Crippen molar-refractivity contribution in [3.05, 3.63) is 60.0 Å². The second-order valence-electron chi connectivity index (χ2n) is 7.96. The molecule has 1 fully saturated rings. The molecule has 5 rings (SSSR count). The average Bonchev–Trinajstić information content (AvgIpc) is 3.17. The molecule has 0 bridgehead atoms. The van der Waals surface area contributed by atoms with Crippen LogP contribution in [0.1, 0.15) is 30.5 Å². The smallest absolute Gasteiger partial charge is 0.138 e. The zero-order valence-corrected chi connectivity index (χ0v) is 18.0. The third kappa shape index (κ3) is 4.11. The summed E-state index contributed by atoms with van der Waals surface area (Å²) < 4.78 is 0. The third-order valence-corrected chi connectivity index (χ3v) is 6.45. The van der Waals surface area contributed by atoms with E-state index in [1.807, 2.05) is 12.3 Å². The number of fused-ring (bicyclic) bond motifs is 3. The molecule has 0 aliphatic carbocycles. The molecule has 0 amide bonds. The largest absolute Gasteiger partial charge is 0.338 e. The number of piperidine rings is 1. The van der Waals surface area contributed by atoms with Crippen molar-refractivity contribution in [2.24, 2.45) is 0 Å². The number of aromatic amines is 1. The topological polar surface area (TPSA) is 92.5 Å². The van der Waals surface area contributed by atoms with Gasteiger partial charge in [0.2, 0.25) is 0 Å². The SMILES string of the molecule is N=CSC(=N)c1cc2c(cn1)[nH]c1ncc(-c3ccc(CN4CCCCC4)cc3)cc12. The van der Waals surface area contributed by atoms with Crippen molar-refractivity contribution in [2.75, 3.05) is 13.1 Å². The Morgan fingerprint density at radius 1 is 1.00 bits per heavy atom. The van der Waals surface area contributed by atoms with Crippen LogP contribution in [0.4, 0.5) is 0 Å². The Morgan fingerprint density at radius 2 is 1.81 bits per heavy atom. The van der Waals surface area contributed by atoms with Gasteiger partial charge >= 0.3 is 0 Å². The average molecular weight is 429 g/mol. The fraction of sp³-hybridized carbons (Fsp3) is 0.250. The van der Waals surface area contributed by atoms with Crippen molar-refractivity contribution in [2.45, 2.75) is 25.8 Å². The van der Waals surface area contributed by atoms with Gasteiger partial charge in [-0.2, -0.15) is 0 Å². The van der Waals surface area contributed by atoms with Gasteiger partial charge in [-0.1, -0.05) is 42.4 Å². The number of aromatic nitrogens is 3. The van der Waals surface area contributed by atoms with Gasteiger partial charge in [0.1, 0.15) is 10.7 Å². The van der Waals surface area contributed by atoms with E-state index in [0.717, 1.165) is 56.9 Å². The van der Waals surface area contributed by atoms with Crippen molar-refractivity contribution in [1.82, 2.24) is 19.9 Å². The Bertz CT molecular complexity index is 1250. The Labute approximate surface area is 185 Å². The van der Waals surface area contributed by atoms with Crippen LogP contribution >= 0.6 is 11.8 Å². The summed E-state index contributed by atoms with van der Waals surface area (Å²) in [5.41, 5.74) is 6.99. The number of H-pyrrole nitrogens is 1. The highest BCUT2D eigenvalue weighted by Gasteiger charge is 2.12. The van der Waals surface area contributed by atoms with Crippen LogP contribution in [-0.2, 0) is 6.54 Å². The van der Waals surface area contributed by atoms with E-state index in [4.69, 9.17) is 10.8 Å². The lowest BCUT2D eigenvalue weighted by molar-refractivity contribution is 0.221. The second-order valence-corrected chi connectivity index (χ2v) is 8.84. The molecule has 3 aromatic heterocycles. The number of nitrogens with zero attached hydrogens (tertiary/aromatic N) is 3. The Hall–Kier alpha value is -3.03. The molecule has 4 heterocycles. The maximum atomic E-state index is 8.08. The van der Waals surface area contributed by atoms with Crippen molar-refractivity contribution in [3.63, 3.8) is 0 Å². The number of nitrogens with one attached hydrogen (secondary N) is 3. The molecule has 1 saturated heterocycles. The molecule has 3 N–H and O–H groups in total. The van der Waals surface area contributed by atoms with Crippen LogP contribution in [0.5, 0.6) is 0 Å². The summed E-state index contributed by atoms with van der Waals surface area (Å²) in [6.45, 7) is 3.43. The third-order valence-electron chi connectivity index (χ3n) is 5.89. The van der Waals surface area contributed by atoms with E-state index >= 15 is 0 Å². The van der Waals surface area contributed by atoms with Gasteiger partial charge in [0.15, 0.2) is 0 Å². The lowest BCUT2D eigenvalue weighted by atomic mass is 10.0. The molecule has 0 radical (unpaired) electrons. The van der Waals surface area contributed by atoms with Crippen molar-refractivity contribution >= 4 is 44.3 Å². The number of hydrogen-bond acceptors (Lipinski definition) is 6. The number of rotatable bonds is 5.